The fourth-order valence-electron chi connectivity index (χ4n) is 2.20. The molecule has 0 saturated heterocycles. The fraction of sp³-hybridized carbons (Fsp3) is 0.625. The molecule has 1 aromatic carbocycles. The third-order valence-electron chi connectivity index (χ3n) is 2.83. The minimum atomic E-state index is 0.429. The maximum Gasteiger partial charge on any atom is 0.0716 e. The molecule has 0 aromatic heterocycles. The van der Waals surface area contributed by atoms with E-state index < -0.39 is 0 Å². The van der Waals surface area contributed by atoms with Gasteiger partial charge >= 0.3 is 0 Å². The summed E-state index contributed by atoms with van der Waals surface area (Å²) in [5.74, 6) is 0.741. The van der Waals surface area contributed by atoms with Gasteiger partial charge < -0.3 is 4.74 Å². The van der Waals surface area contributed by atoms with E-state index in [9.17, 15) is 0 Å². The van der Waals surface area contributed by atoms with Gasteiger partial charge in [0.05, 0.1) is 6.61 Å². The van der Waals surface area contributed by atoms with Crippen LogP contribution < -0.4 is 0 Å². The lowest BCUT2D eigenvalue weighted by Crippen LogP contribution is -2.12. The first-order chi connectivity index (χ1) is 7.97. The molecule has 0 spiro atoms. The maximum atomic E-state index is 5.70. The van der Waals surface area contributed by atoms with Crippen LogP contribution in [-0.2, 0) is 11.3 Å². The van der Waals surface area contributed by atoms with Crippen molar-refractivity contribution in [2.45, 2.75) is 47.1 Å². The Morgan fingerprint density at radius 2 is 1.76 bits per heavy atom. The molecule has 0 fully saturated rings. The Bertz CT molecular complexity index is 297. The fourth-order valence-corrected chi connectivity index (χ4v) is 2.20. The number of ether oxygens (including phenoxy) is 1. The second kappa shape index (κ2) is 6.80. The lowest BCUT2D eigenvalue weighted by atomic mass is 9.84. The van der Waals surface area contributed by atoms with E-state index in [1.807, 2.05) is 6.07 Å². The molecule has 0 radical (unpaired) electrons. The van der Waals surface area contributed by atoms with Gasteiger partial charge in [0, 0.05) is 6.61 Å². The molecule has 1 unspecified atom stereocenters. The maximum absolute atomic E-state index is 5.70. The molecular weight excluding hydrogens is 208 g/mol. The summed E-state index contributed by atoms with van der Waals surface area (Å²) in [6.45, 7) is 10.8. The summed E-state index contributed by atoms with van der Waals surface area (Å²) in [5.41, 5.74) is 1.69. The quantitative estimate of drug-likeness (QED) is 0.650. The molecule has 96 valence electrons. The predicted molar refractivity (Wildman–Crippen MR) is 74.0 cm³/mol. The Balaban J connectivity index is 2.12. The third-order valence-corrected chi connectivity index (χ3v) is 2.83. The zero-order valence-corrected chi connectivity index (χ0v) is 11.7. The van der Waals surface area contributed by atoms with Gasteiger partial charge in [-0.2, -0.15) is 0 Å². The summed E-state index contributed by atoms with van der Waals surface area (Å²) in [6, 6.07) is 10.4. The van der Waals surface area contributed by atoms with Gasteiger partial charge in [0.15, 0.2) is 0 Å². The van der Waals surface area contributed by atoms with Gasteiger partial charge in [0.25, 0.3) is 0 Å². The molecule has 0 saturated carbocycles. The molecule has 1 rings (SSSR count). The SMILES string of the molecule is CC(CCOCc1ccccc1)CC(C)(C)C. The molecule has 1 aromatic rings. The molecule has 0 heterocycles. The van der Waals surface area contributed by atoms with Crippen molar-refractivity contribution in [3.05, 3.63) is 35.9 Å². The highest BCUT2D eigenvalue weighted by Crippen LogP contribution is 2.25. The smallest absolute Gasteiger partial charge is 0.0716 e. The van der Waals surface area contributed by atoms with E-state index in [2.05, 4.69) is 52.0 Å². The molecule has 1 nitrogen and oxygen atoms in total. The Morgan fingerprint density at radius 3 is 2.35 bits per heavy atom. The van der Waals surface area contributed by atoms with Gasteiger partial charge in [-0.15, -0.1) is 0 Å². The van der Waals surface area contributed by atoms with Crippen LogP contribution >= 0.6 is 0 Å². The summed E-state index contributed by atoms with van der Waals surface area (Å²) in [4.78, 5) is 0. The molecule has 1 atom stereocenters. The molecule has 0 aliphatic heterocycles. The molecule has 17 heavy (non-hydrogen) atoms. The minimum Gasteiger partial charge on any atom is -0.377 e. The van der Waals surface area contributed by atoms with Crippen molar-refractivity contribution in [2.75, 3.05) is 6.61 Å². The van der Waals surface area contributed by atoms with Crippen molar-refractivity contribution in [3.63, 3.8) is 0 Å². The van der Waals surface area contributed by atoms with Crippen LogP contribution in [0, 0.1) is 11.3 Å². The number of hydrogen-bond donors (Lipinski definition) is 0. The van der Waals surface area contributed by atoms with Crippen LogP contribution in [0.5, 0.6) is 0 Å². The average molecular weight is 234 g/mol. The van der Waals surface area contributed by atoms with Crippen molar-refractivity contribution in [3.8, 4) is 0 Å². The van der Waals surface area contributed by atoms with Crippen LogP contribution in [0.2, 0.25) is 0 Å². The highest BCUT2D eigenvalue weighted by atomic mass is 16.5. The van der Waals surface area contributed by atoms with Gasteiger partial charge in [-0.25, -0.2) is 0 Å². The van der Waals surface area contributed by atoms with Crippen LogP contribution in [0.3, 0.4) is 0 Å². The standard InChI is InChI=1S/C16H26O/c1-14(12-16(2,3)4)10-11-17-13-15-8-6-5-7-9-15/h5-9,14H,10-13H2,1-4H3. The first kappa shape index (κ1) is 14.2. The van der Waals surface area contributed by atoms with Gasteiger partial charge in [0.2, 0.25) is 0 Å². The van der Waals surface area contributed by atoms with Crippen molar-refractivity contribution >= 4 is 0 Å². The van der Waals surface area contributed by atoms with E-state index >= 15 is 0 Å². The summed E-state index contributed by atoms with van der Waals surface area (Å²) >= 11 is 0. The van der Waals surface area contributed by atoms with Crippen LogP contribution in [0.4, 0.5) is 0 Å². The van der Waals surface area contributed by atoms with Crippen molar-refractivity contribution in [1.29, 1.82) is 0 Å². The van der Waals surface area contributed by atoms with E-state index in [1.165, 1.54) is 12.0 Å². The van der Waals surface area contributed by atoms with Gasteiger partial charge in [-0.3, -0.25) is 0 Å². The van der Waals surface area contributed by atoms with E-state index in [1.54, 1.807) is 0 Å². The topological polar surface area (TPSA) is 9.23 Å². The molecule has 0 N–H and O–H groups in total. The molecule has 0 aliphatic rings. The molecular formula is C16H26O. The molecule has 1 heteroatoms. The third kappa shape index (κ3) is 7.17. The normalized spacial score (nSPS) is 13.6. The zero-order chi connectivity index (χ0) is 12.7. The van der Waals surface area contributed by atoms with E-state index in [-0.39, 0.29) is 0 Å². The van der Waals surface area contributed by atoms with Gasteiger partial charge in [0.1, 0.15) is 0 Å². The number of hydrogen-bond acceptors (Lipinski definition) is 1. The number of rotatable bonds is 6. The lowest BCUT2D eigenvalue weighted by Gasteiger charge is -2.23. The Morgan fingerprint density at radius 1 is 1.12 bits per heavy atom. The second-order valence-electron chi connectivity index (χ2n) is 6.20. The van der Waals surface area contributed by atoms with Crippen LogP contribution in [0.25, 0.3) is 0 Å². The molecule has 0 bridgehead atoms. The monoisotopic (exact) mass is 234 g/mol. The second-order valence-corrected chi connectivity index (χ2v) is 6.20. The van der Waals surface area contributed by atoms with E-state index in [0.717, 1.165) is 25.6 Å². The lowest BCUT2D eigenvalue weighted by molar-refractivity contribution is 0.103. The predicted octanol–water partition coefficient (Wildman–Crippen LogP) is 4.67. The molecule has 0 aliphatic carbocycles. The largest absolute Gasteiger partial charge is 0.377 e. The van der Waals surface area contributed by atoms with Crippen molar-refractivity contribution < 1.29 is 4.74 Å². The highest BCUT2D eigenvalue weighted by Gasteiger charge is 2.14. The van der Waals surface area contributed by atoms with Crippen molar-refractivity contribution in [2.24, 2.45) is 11.3 Å². The van der Waals surface area contributed by atoms with Crippen LogP contribution in [-0.4, -0.2) is 6.61 Å². The van der Waals surface area contributed by atoms with Gasteiger partial charge in [-0.1, -0.05) is 58.0 Å². The van der Waals surface area contributed by atoms with Crippen molar-refractivity contribution in [1.82, 2.24) is 0 Å². The average Bonchev–Trinajstić information content (AvgIpc) is 2.23. The van der Waals surface area contributed by atoms with E-state index in [0.29, 0.717) is 5.41 Å². The Labute approximate surface area is 106 Å². The summed E-state index contributed by atoms with van der Waals surface area (Å²) < 4.78 is 5.70. The van der Waals surface area contributed by atoms with Gasteiger partial charge in [-0.05, 0) is 29.7 Å². The summed E-state index contributed by atoms with van der Waals surface area (Å²) in [5, 5.41) is 0. The molecule has 0 amide bonds. The van der Waals surface area contributed by atoms with Crippen LogP contribution in [0.1, 0.15) is 46.1 Å². The van der Waals surface area contributed by atoms with E-state index in [4.69, 9.17) is 4.74 Å². The first-order valence-corrected chi connectivity index (χ1v) is 6.59. The highest BCUT2D eigenvalue weighted by molar-refractivity contribution is 5.13. The Kier molecular flexibility index (Phi) is 5.70. The Hall–Kier alpha value is -0.820. The summed E-state index contributed by atoms with van der Waals surface area (Å²) in [6.07, 6.45) is 2.42. The minimum absolute atomic E-state index is 0.429. The number of benzene rings is 1. The first-order valence-electron chi connectivity index (χ1n) is 6.59. The zero-order valence-electron chi connectivity index (χ0n) is 11.7. The van der Waals surface area contributed by atoms with Crippen LogP contribution in [0.15, 0.2) is 30.3 Å². The summed E-state index contributed by atoms with van der Waals surface area (Å²) in [7, 11) is 0.